The molecule has 0 radical (unpaired) electrons. The first-order valence-corrected chi connectivity index (χ1v) is 6.11. The summed E-state index contributed by atoms with van der Waals surface area (Å²) in [6.45, 7) is 0. The fourth-order valence-electron chi connectivity index (χ4n) is 2.12. The Morgan fingerprint density at radius 1 is 1.14 bits per heavy atom. The number of aromatic amines is 1. The predicted octanol–water partition coefficient (Wildman–Crippen LogP) is 2.71. The first-order chi connectivity index (χ1) is 10.4. The number of nitrogens with zero attached hydrogens (tertiary/aromatic N) is 2. The van der Waals surface area contributed by atoms with E-state index in [4.69, 9.17) is 0 Å². The smallest absolute Gasteiger partial charge is 0.416 e. The second kappa shape index (κ2) is 4.83. The number of alkyl halides is 3. The molecule has 22 heavy (non-hydrogen) atoms. The summed E-state index contributed by atoms with van der Waals surface area (Å²) in [5, 5.41) is 16.6. The summed E-state index contributed by atoms with van der Waals surface area (Å²) in [7, 11) is 0. The van der Waals surface area contributed by atoms with E-state index in [1.165, 1.54) is 18.5 Å². The number of benzene rings is 1. The van der Waals surface area contributed by atoms with Crippen LogP contribution in [0.1, 0.15) is 5.56 Å². The number of hydrogen-bond acceptors (Lipinski definition) is 4. The number of pyridine rings is 1. The lowest BCUT2D eigenvalue weighted by molar-refractivity contribution is -0.137. The van der Waals surface area contributed by atoms with Gasteiger partial charge in [-0.1, -0.05) is 0 Å². The Labute approximate surface area is 121 Å². The average Bonchev–Trinajstić information content (AvgIpc) is 2.47. The molecule has 0 bridgehead atoms. The van der Waals surface area contributed by atoms with Crippen molar-refractivity contribution in [2.45, 2.75) is 6.18 Å². The van der Waals surface area contributed by atoms with E-state index in [1.807, 2.05) is 0 Å². The highest BCUT2D eigenvalue weighted by molar-refractivity contribution is 5.94. The zero-order valence-electron chi connectivity index (χ0n) is 10.8. The molecule has 3 rings (SSSR count). The van der Waals surface area contributed by atoms with Gasteiger partial charge in [-0.2, -0.15) is 18.3 Å². The number of halogens is 3. The molecule has 8 heteroatoms. The molecule has 112 valence electrons. The fraction of sp³-hybridized carbons (Fsp3) is 0.0714. The molecule has 0 aliphatic rings. The van der Waals surface area contributed by atoms with Gasteiger partial charge in [-0.25, -0.2) is 5.10 Å². The van der Waals surface area contributed by atoms with Gasteiger partial charge in [0.25, 0.3) is 5.56 Å². The summed E-state index contributed by atoms with van der Waals surface area (Å²) in [4.78, 5) is 15.5. The van der Waals surface area contributed by atoms with Crippen molar-refractivity contribution in [2.24, 2.45) is 0 Å². The number of H-pyrrole nitrogens is 1. The van der Waals surface area contributed by atoms with Crippen molar-refractivity contribution < 1.29 is 18.3 Å². The molecule has 0 amide bonds. The first kappa shape index (κ1) is 14.1. The van der Waals surface area contributed by atoms with Crippen LogP contribution in [0.15, 0.2) is 41.5 Å². The van der Waals surface area contributed by atoms with E-state index in [-0.39, 0.29) is 16.6 Å². The number of rotatable bonds is 1. The zero-order valence-corrected chi connectivity index (χ0v) is 10.8. The van der Waals surface area contributed by atoms with Crippen molar-refractivity contribution in [3.8, 4) is 17.0 Å². The molecule has 5 nitrogen and oxygen atoms in total. The Morgan fingerprint density at radius 2 is 1.91 bits per heavy atom. The Bertz CT molecular complexity index is 919. The molecule has 0 spiro atoms. The standard InChI is InChI=1S/C14H8F3N3O2/c15-14(16,17)7-1-2-9(11(21)5-7)12-8-3-4-18-6-10(8)13(22)20-19-12/h1-6,21H,(H,20,22). The monoisotopic (exact) mass is 307 g/mol. The molecule has 2 aromatic heterocycles. The van der Waals surface area contributed by atoms with Crippen LogP contribution in [-0.2, 0) is 6.18 Å². The molecule has 0 saturated carbocycles. The highest BCUT2D eigenvalue weighted by atomic mass is 19.4. The van der Waals surface area contributed by atoms with E-state index >= 15 is 0 Å². The average molecular weight is 307 g/mol. The minimum atomic E-state index is -4.56. The molecule has 1 aromatic carbocycles. The fourth-order valence-corrected chi connectivity index (χ4v) is 2.12. The molecular weight excluding hydrogens is 299 g/mol. The van der Waals surface area contributed by atoms with E-state index in [2.05, 4.69) is 15.2 Å². The maximum absolute atomic E-state index is 12.6. The summed E-state index contributed by atoms with van der Waals surface area (Å²) < 4.78 is 37.9. The molecular formula is C14H8F3N3O2. The summed E-state index contributed by atoms with van der Waals surface area (Å²) in [6, 6.07) is 4.08. The number of aromatic hydroxyl groups is 1. The Morgan fingerprint density at radius 3 is 2.59 bits per heavy atom. The third-order valence-corrected chi connectivity index (χ3v) is 3.17. The first-order valence-electron chi connectivity index (χ1n) is 6.11. The van der Waals surface area contributed by atoms with Gasteiger partial charge in [-0.3, -0.25) is 9.78 Å². The molecule has 3 aromatic rings. The number of nitrogens with one attached hydrogen (secondary N) is 1. The number of phenolic OH excluding ortho intramolecular Hbond substituents is 1. The number of phenols is 1. The van der Waals surface area contributed by atoms with Gasteiger partial charge in [-0.15, -0.1) is 0 Å². The summed E-state index contributed by atoms with van der Waals surface area (Å²) in [5.74, 6) is -0.576. The largest absolute Gasteiger partial charge is 0.507 e. The topological polar surface area (TPSA) is 78.9 Å². The van der Waals surface area contributed by atoms with Gasteiger partial charge in [0, 0.05) is 23.3 Å². The SMILES string of the molecule is O=c1[nH]nc(-c2ccc(C(F)(F)F)cc2O)c2ccncc12. The van der Waals surface area contributed by atoms with Gasteiger partial charge in [-0.05, 0) is 24.3 Å². The highest BCUT2D eigenvalue weighted by Crippen LogP contribution is 2.37. The van der Waals surface area contributed by atoms with Crippen LogP contribution in [0.3, 0.4) is 0 Å². The van der Waals surface area contributed by atoms with E-state index in [0.29, 0.717) is 11.5 Å². The van der Waals surface area contributed by atoms with Crippen molar-refractivity contribution in [1.29, 1.82) is 0 Å². The maximum atomic E-state index is 12.6. The van der Waals surface area contributed by atoms with Crippen LogP contribution in [-0.4, -0.2) is 20.3 Å². The van der Waals surface area contributed by atoms with Crippen LogP contribution >= 0.6 is 0 Å². The van der Waals surface area contributed by atoms with Crippen molar-refractivity contribution in [1.82, 2.24) is 15.2 Å². The van der Waals surface area contributed by atoms with Crippen LogP contribution in [0.25, 0.3) is 22.0 Å². The predicted molar refractivity (Wildman–Crippen MR) is 72.3 cm³/mol. The van der Waals surface area contributed by atoms with Crippen LogP contribution in [0, 0.1) is 0 Å². The molecule has 2 heterocycles. The third-order valence-electron chi connectivity index (χ3n) is 3.17. The number of aromatic nitrogens is 3. The molecule has 0 aliphatic heterocycles. The number of fused-ring (bicyclic) bond motifs is 1. The van der Waals surface area contributed by atoms with Gasteiger partial charge >= 0.3 is 6.18 Å². The molecule has 0 fully saturated rings. The molecule has 0 unspecified atom stereocenters. The maximum Gasteiger partial charge on any atom is 0.416 e. The molecule has 0 aliphatic carbocycles. The van der Waals surface area contributed by atoms with Gasteiger partial charge in [0.15, 0.2) is 0 Å². The molecule has 2 N–H and O–H groups in total. The summed E-state index contributed by atoms with van der Waals surface area (Å²) in [6.07, 6.45) is -1.81. The van der Waals surface area contributed by atoms with Crippen LogP contribution < -0.4 is 5.56 Å². The second-order valence-electron chi connectivity index (χ2n) is 4.55. The van der Waals surface area contributed by atoms with Gasteiger partial charge < -0.3 is 5.11 Å². The lowest BCUT2D eigenvalue weighted by atomic mass is 10.0. The second-order valence-corrected chi connectivity index (χ2v) is 4.55. The van der Waals surface area contributed by atoms with E-state index in [9.17, 15) is 23.1 Å². The minimum Gasteiger partial charge on any atom is -0.507 e. The van der Waals surface area contributed by atoms with Crippen molar-refractivity contribution >= 4 is 10.8 Å². The van der Waals surface area contributed by atoms with Gasteiger partial charge in [0.05, 0.1) is 10.9 Å². The van der Waals surface area contributed by atoms with Crippen LogP contribution in [0.5, 0.6) is 5.75 Å². The van der Waals surface area contributed by atoms with Crippen molar-refractivity contribution in [3.63, 3.8) is 0 Å². The van der Waals surface area contributed by atoms with Crippen molar-refractivity contribution in [3.05, 3.63) is 52.6 Å². The summed E-state index contributed by atoms with van der Waals surface area (Å²) in [5.41, 5.74) is -1.19. The van der Waals surface area contributed by atoms with E-state index < -0.39 is 23.0 Å². The quantitative estimate of drug-likeness (QED) is 0.724. The van der Waals surface area contributed by atoms with Gasteiger partial charge in [0.2, 0.25) is 0 Å². The van der Waals surface area contributed by atoms with Crippen molar-refractivity contribution in [2.75, 3.05) is 0 Å². The Kier molecular flexibility index (Phi) is 3.09. The summed E-state index contributed by atoms with van der Waals surface area (Å²) >= 11 is 0. The van der Waals surface area contributed by atoms with Gasteiger partial charge in [0.1, 0.15) is 11.4 Å². The molecule has 0 saturated heterocycles. The lowest BCUT2D eigenvalue weighted by Gasteiger charge is -2.10. The van der Waals surface area contributed by atoms with Crippen LogP contribution in [0.2, 0.25) is 0 Å². The lowest BCUT2D eigenvalue weighted by Crippen LogP contribution is -2.10. The van der Waals surface area contributed by atoms with E-state index in [0.717, 1.165) is 12.1 Å². The highest BCUT2D eigenvalue weighted by Gasteiger charge is 2.31. The number of hydrogen-bond donors (Lipinski definition) is 2. The molecule has 0 atom stereocenters. The minimum absolute atomic E-state index is 0.0838. The Balaban J connectivity index is 2.25. The third kappa shape index (κ3) is 2.28. The van der Waals surface area contributed by atoms with E-state index in [1.54, 1.807) is 0 Å². The van der Waals surface area contributed by atoms with Crippen LogP contribution in [0.4, 0.5) is 13.2 Å². The normalized spacial score (nSPS) is 11.8. The zero-order chi connectivity index (χ0) is 15.9. The Hall–Kier alpha value is -2.90.